The molecule has 6 nitrogen and oxygen atoms in total. The van der Waals surface area contributed by atoms with Gasteiger partial charge < -0.3 is 10.6 Å². The minimum Gasteiger partial charge on any atom is -0.352 e. The third kappa shape index (κ3) is 6.44. The maximum Gasteiger partial charge on any atom is 0.252 e. The summed E-state index contributed by atoms with van der Waals surface area (Å²) in [5.74, 6) is 0.676. The highest BCUT2D eigenvalue weighted by molar-refractivity contribution is 14.0. The first-order chi connectivity index (χ1) is 12.2. The topological polar surface area (TPSA) is 73.8 Å². The van der Waals surface area contributed by atoms with Gasteiger partial charge >= 0.3 is 0 Å². The number of nitrogens with zero attached hydrogens (tertiary/aromatic N) is 2. The second-order valence-electron chi connectivity index (χ2n) is 6.22. The highest BCUT2D eigenvalue weighted by Gasteiger charge is 2.19. The predicted molar refractivity (Wildman–Crippen MR) is 124 cm³/mol. The Morgan fingerprint density at radius 3 is 2.37 bits per heavy atom. The monoisotopic (exact) mass is 522 g/mol. The maximum absolute atomic E-state index is 12.1. The molecule has 9 heteroatoms. The average Bonchev–Trinajstić information content (AvgIpc) is 3.06. The number of rotatable bonds is 6. The van der Waals surface area contributed by atoms with E-state index < -0.39 is 10.0 Å². The van der Waals surface area contributed by atoms with Crippen LogP contribution in [0.1, 0.15) is 21.6 Å². The minimum atomic E-state index is -3.38. The quantitative estimate of drug-likeness (QED) is 0.348. The number of hydrogen-bond acceptors (Lipinski definition) is 4. The molecule has 0 saturated heterocycles. The summed E-state index contributed by atoms with van der Waals surface area (Å²) in [4.78, 5) is 5.15. The van der Waals surface area contributed by atoms with Gasteiger partial charge in [0, 0.05) is 32.6 Å². The molecule has 0 aliphatic rings. The molecule has 0 bridgehead atoms. The molecule has 150 valence electrons. The van der Waals surface area contributed by atoms with Crippen molar-refractivity contribution in [2.45, 2.75) is 31.1 Å². The third-order valence-corrected chi connectivity index (χ3v) is 7.34. The van der Waals surface area contributed by atoms with Crippen molar-refractivity contribution >= 4 is 51.3 Å². The molecule has 27 heavy (non-hydrogen) atoms. The van der Waals surface area contributed by atoms with E-state index in [2.05, 4.69) is 47.7 Å². The van der Waals surface area contributed by atoms with Gasteiger partial charge in [0.25, 0.3) is 10.0 Å². The lowest BCUT2D eigenvalue weighted by Gasteiger charge is -2.13. The van der Waals surface area contributed by atoms with Crippen molar-refractivity contribution in [1.82, 2.24) is 14.9 Å². The number of nitrogens with one attached hydrogen (secondary N) is 2. The third-order valence-electron chi connectivity index (χ3n) is 3.97. The van der Waals surface area contributed by atoms with Crippen LogP contribution in [-0.2, 0) is 23.1 Å². The van der Waals surface area contributed by atoms with Gasteiger partial charge in [-0.25, -0.2) is 12.7 Å². The fourth-order valence-electron chi connectivity index (χ4n) is 2.39. The van der Waals surface area contributed by atoms with Crippen LogP contribution in [0.25, 0.3) is 0 Å². The first-order valence-electron chi connectivity index (χ1n) is 8.26. The number of halogens is 1. The van der Waals surface area contributed by atoms with E-state index in [1.165, 1.54) is 46.4 Å². The normalized spacial score (nSPS) is 12.0. The Kier molecular flexibility index (Phi) is 9.19. The Morgan fingerprint density at radius 2 is 1.78 bits per heavy atom. The fourth-order valence-corrected chi connectivity index (χ4v) is 4.85. The Labute approximate surface area is 183 Å². The number of benzene rings is 1. The SMILES string of the molecule is CN=C(NCc1ccc(S(=O)(=O)N(C)C)s1)NCc1ccc(C)cc1C.I. The van der Waals surface area contributed by atoms with Gasteiger partial charge in [-0.1, -0.05) is 23.8 Å². The second kappa shape index (κ2) is 10.4. The van der Waals surface area contributed by atoms with Gasteiger partial charge in [-0.3, -0.25) is 4.99 Å². The molecular weight excluding hydrogens is 495 g/mol. The van der Waals surface area contributed by atoms with E-state index in [1.54, 1.807) is 13.1 Å². The molecule has 0 atom stereocenters. The summed E-state index contributed by atoms with van der Waals surface area (Å²) in [6, 6.07) is 9.83. The van der Waals surface area contributed by atoms with Gasteiger partial charge in [-0.05, 0) is 37.1 Å². The molecule has 2 rings (SSSR count). The molecule has 0 amide bonds. The van der Waals surface area contributed by atoms with Gasteiger partial charge in [-0.2, -0.15) is 0 Å². The smallest absolute Gasteiger partial charge is 0.252 e. The van der Waals surface area contributed by atoms with Crippen LogP contribution in [0.4, 0.5) is 0 Å². The van der Waals surface area contributed by atoms with Crippen molar-refractivity contribution in [1.29, 1.82) is 0 Å². The van der Waals surface area contributed by atoms with E-state index in [0.29, 0.717) is 23.3 Å². The summed E-state index contributed by atoms with van der Waals surface area (Å²) < 4.78 is 25.8. The molecule has 0 radical (unpaired) electrons. The summed E-state index contributed by atoms with van der Waals surface area (Å²) in [6.45, 7) is 5.37. The molecule has 0 fully saturated rings. The van der Waals surface area contributed by atoms with Crippen molar-refractivity contribution in [3.8, 4) is 0 Å². The first kappa shape index (κ1) is 23.9. The molecule has 0 saturated carbocycles. The zero-order valence-corrected chi connectivity index (χ0v) is 20.2. The van der Waals surface area contributed by atoms with Crippen molar-refractivity contribution in [3.05, 3.63) is 51.9 Å². The van der Waals surface area contributed by atoms with E-state index in [-0.39, 0.29) is 24.0 Å². The van der Waals surface area contributed by atoms with Crippen LogP contribution in [0.15, 0.2) is 39.5 Å². The standard InChI is InChI=1S/C18H26N4O2S2.HI/c1-13-6-7-15(14(2)10-13)11-20-18(19-3)21-12-16-8-9-17(25-16)26(23,24)22(4)5;/h6-10H,11-12H2,1-5H3,(H2,19,20,21);1H. The predicted octanol–water partition coefficient (Wildman–Crippen LogP) is 3.10. The Morgan fingerprint density at radius 1 is 1.11 bits per heavy atom. The summed E-state index contributed by atoms with van der Waals surface area (Å²) in [5, 5.41) is 6.51. The van der Waals surface area contributed by atoms with Gasteiger partial charge in [-0.15, -0.1) is 35.3 Å². The van der Waals surface area contributed by atoms with Crippen LogP contribution >= 0.6 is 35.3 Å². The Hall–Kier alpha value is -1.17. The van der Waals surface area contributed by atoms with Gasteiger partial charge in [0.05, 0.1) is 6.54 Å². The summed E-state index contributed by atoms with van der Waals surface area (Å²) in [5.41, 5.74) is 3.70. The minimum absolute atomic E-state index is 0. The zero-order valence-electron chi connectivity index (χ0n) is 16.2. The van der Waals surface area contributed by atoms with Crippen LogP contribution in [0.5, 0.6) is 0 Å². The molecule has 2 N–H and O–H groups in total. The lowest BCUT2D eigenvalue weighted by Crippen LogP contribution is -2.36. The number of guanidine groups is 1. The Bertz CT molecular complexity index is 893. The number of thiophene rings is 1. The molecule has 1 aromatic carbocycles. The highest BCUT2D eigenvalue weighted by Crippen LogP contribution is 2.23. The molecule has 0 aliphatic heterocycles. The van der Waals surface area contributed by atoms with Crippen LogP contribution in [0, 0.1) is 13.8 Å². The van der Waals surface area contributed by atoms with E-state index >= 15 is 0 Å². The van der Waals surface area contributed by atoms with Crippen LogP contribution in [0.3, 0.4) is 0 Å². The first-order valence-corrected chi connectivity index (χ1v) is 10.5. The fraction of sp³-hybridized carbons (Fsp3) is 0.389. The lowest BCUT2D eigenvalue weighted by molar-refractivity contribution is 0.523. The van der Waals surface area contributed by atoms with Gasteiger partial charge in [0.1, 0.15) is 4.21 Å². The lowest BCUT2D eigenvalue weighted by atomic mass is 10.1. The van der Waals surface area contributed by atoms with Gasteiger partial charge in [0.15, 0.2) is 5.96 Å². The average molecular weight is 522 g/mol. The number of aliphatic imine (C=N–C) groups is 1. The Balaban J connectivity index is 0.00000364. The van der Waals surface area contributed by atoms with Crippen molar-refractivity contribution in [2.75, 3.05) is 21.1 Å². The summed E-state index contributed by atoms with van der Waals surface area (Å²) in [7, 11) is 1.41. The second-order valence-corrected chi connectivity index (χ2v) is 9.76. The van der Waals surface area contributed by atoms with E-state index in [0.717, 1.165) is 4.88 Å². The number of aryl methyl sites for hydroxylation is 2. The summed E-state index contributed by atoms with van der Waals surface area (Å²) >= 11 is 1.26. The number of hydrogen-bond donors (Lipinski definition) is 2. The maximum atomic E-state index is 12.1. The zero-order chi connectivity index (χ0) is 19.3. The van der Waals surface area contributed by atoms with E-state index in [1.807, 2.05) is 6.07 Å². The van der Waals surface area contributed by atoms with Crippen molar-refractivity contribution in [2.24, 2.45) is 4.99 Å². The van der Waals surface area contributed by atoms with Crippen molar-refractivity contribution < 1.29 is 8.42 Å². The highest BCUT2D eigenvalue weighted by atomic mass is 127. The van der Waals surface area contributed by atoms with Crippen LogP contribution < -0.4 is 10.6 Å². The molecule has 0 aliphatic carbocycles. The molecule has 2 aromatic rings. The molecule has 0 spiro atoms. The molecular formula is C18H27IN4O2S2. The van der Waals surface area contributed by atoms with Crippen LogP contribution in [0.2, 0.25) is 0 Å². The van der Waals surface area contributed by atoms with Crippen LogP contribution in [-0.4, -0.2) is 39.8 Å². The van der Waals surface area contributed by atoms with E-state index in [9.17, 15) is 8.42 Å². The largest absolute Gasteiger partial charge is 0.352 e. The summed E-state index contributed by atoms with van der Waals surface area (Å²) in [6.07, 6.45) is 0. The molecule has 1 aromatic heterocycles. The molecule has 0 unspecified atom stereocenters. The van der Waals surface area contributed by atoms with Gasteiger partial charge in [0.2, 0.25) is 0 Å². The number of sulfonamides is 1. The van der Waals surface area contributed by atoms with Crippen molar-refractivity contribution in [3.63, 3.8) is 0 Å². The van der Waals surface area contributed by atoms with E-state index in [4.69, 9.17) is 0 Å². The molecule has 1 heterocycles.